The first-order chi connectivity index (χ1) is 8.11. The Balaban J connectivity index is 2.02. The minimum Gasteiger partial charge on any atom is -0.330 e. The molecule has 1 aromatic carbocycles. The fraction of sp³-hybridized carbons (Fsp3) is 0.600. The molecule has 1 nitrogen and oxygen atoms in total. The molecule has 0 heterocycles. The van der Waals surface area contributed by atoms with Gasteiger partial charge in [0.1, 0.15) is 0 Å². The van der Waals surface area contributed by atoms with Gasteiger partial charge in [0.25, 0.3) is 0 Å². The van der Waals surface area contributed by atoms with Crippen molar-refractivity contribution in [2.24, 2.45) is 11.1 Å². The second kappa shape index (κ2) is 5.45. The summed E-state index contributed by atoms with van der Waals surface area (Å²) >= 11 is 1.94. The van der Waals surface area contributed by atoms with E-state index >= 15 is 0 Å². The fourth-order valence-corrected chi connectivity index (χ4v) is 3.20. The van der Waals surface area contributed by atoms with E-state index in [1.807, 2.05) is 11.8 Å². The van der Waals surface area contributed by atoms with Crippen molar-refractivity contribution < 1.29 is 0 Å². The van der Waals surface area contributed by atoms with Crippen LogP contribution in [-0.2, 0) is 12.8 Å². The molecule has 0 atom stereocenters. The minimum atomic E-state index is 0.237. The van der Waals surface area contributed by atoms with Gasteiger partial charge >= 0.3 is 0 Å². The first-order valence-electron chi connectivity index (χ1n) is 6.55. The van der Waals surface area contributed by atoms with Gasteiger partial charge in [0, 0.05) is 10.6 Å². The zero-order chi connectivity index (χ0) is 12.3. The van der Waals surface area contributed by atoms with Crippen LogP contribution in [0.4, 0.5) is 0 Å². The highest BCUT2D eigenvalue weighted by Gasteiger charge is 2.16. The maximum absolute atomic E-state index is 5.77. The molecular weight excluding hydrogens is 226 g/mol. The number of nitrogens with two attached hydrogens (primary N) is 1. The van der Waals surface area contributed by atoms with Crippen LogP contribution in [0.15, 0.2) is 23.1 Å². The van der Waals surface area contributed by atoms with E-state index in [1.54, 1.807) is 11.1 Å². The number of hydrogen-bond acceptors (Lipinski definition) is 2. The molecule has 1 aliphatic carbocycles. The summed E-state index contributed by atoms with van der Waals surface area (Å²) in [6.07, 6.45) is 5.26. The second-order valence-electron chi connectivity index (χ2n) is 5.79. The van der Waals surface area contributed by atoms with Crippen molar-refractivity contribution in [3.8, 4) is 0 Å². The SMILES string of the molecule is CC(C)(CN)CSc1ccc2c(c1)CCCC2. The van der Waals surface area contributed by atoms with E-state index in [2.05, 4.69) is 32.0 Å². The summed E-state index contributed by atoms with van der Waals surface area (Å²) in [4.78, 5) is 1.41. The second-order valence-corrected chi connectivity index (χ2v) is 6.84. The summed E-state index contributed by atoms with van der Waals surface area (Å²) < 4.78 is 0. The fourth-order valence-electron chi connectivity index (χ4n) is 2.14. The van der Waals surface area contributed by atoms with Crippen molar-refractivity contribution in [3.05, 3.63) is 29.3 Å². The number of rotatable bonds is 4. The molecule has 0 radical (unpaired) electrons. The molecule has 1 aliphatic rings. The number of fused-ring (bicyclic) bond motifs is 1. The Labute approximate surface area is 109 Å². The van der Waals surface area contributed by atoms with E-state index in [9.17, 15) is 0 Å². The van der Waals surface area contributed by atoms with Crippen LogP contribution >= 0.6 is 11.8 Å². The van der Waals surface area contributed by atoms with Gasteiger partial charge in [0.15, 0.2) is 0 Å². The number of aryl methyl sites for hydroxylation is 2. The monoisotopic (exact) mass is 249 g/mol. The van der Waals surface area contributed by atoms with Gasteiger partial charge in [-0.1, -0.05) is 19.9 Å². The molecule has 2 N–H and O–H groups in total. The van der Waals surface area contributed by atoms with E-state index in [0.29, 0.717) is 0 Å². The minimum absolute atomic E-state index is 0.237. The lowest BCUT2D eigenvalue weighted by Crippen LogP contribution is -2.25. The maximum Gasteiger partial charge on any atom is 0.00750 e. The molecule has 2 rings (SSSR count). The van der Waals surface area contributed by atoms with Gasteiger partial charge in [0.05, 0.1) is 0 Å². The molecule has 0 amide bonds. The van der Waals surface area contributed by atoms with Crippen LogP contribution in [0.1, 0.15) is 37.8 Å². The highest BCUT2D eigenvalue weighted by Crippen LogP contribution is 2.30. The molecule has 0 saturated carbocycles. The van der Waals surface area contributed by atoms with Gasteiger partial charge < -0.3 is 5.73 Å². The summed E-state index contributed by atoms with van der Waals surface area (Å²) in [6.45, 7) is 5.22. The van der Waals surface area contributed by atoms with Crippen LogP contribution in [0.5, 0.6) is 0 Å². The van der Waals surface area contributed by atoms with E-state index in [-0.39, 0.29) is 5.41 Å². The Morgan fingerprint density at radius 1 is 1.18 bits per heavy atom. The molecule has 0 aliphatic heterocycles. The third-order valence-corrected chi connectivity index (χ3v) is 5.02. The van der Waals surface area contributed by atoms with Crippen molar-refractivity contribution in [1.29, 1.82) is 0 Å². The van der Waals surface area contributed by atoms with Gasteiger partial charge in [-0.15, -0.1) is 11.8 Å². The van der Waals surface area contributed by atoms with Crippen LogP contribution in [0.2, 0.25) is 0 Å². The molecule has 0 saturated heterocycles. The van der Waals surface area contributed by atoms with Crippen molar-refractivity contribution in [3.63, 3.8) is 0 Å². The molecule has 1 aromatic rings. The summed E-state index contributed by atoms with van der Waals surface area (Å²) in [6, 6.07) is 7.00. The largest absolute Gasteiger partial charge is 0.330 e. The lowest BCUT2D eigenvalue weighted by atomic mass is 9.92. The zero-order valence-corrected chi connectivity index (χ0v) is 11.8. The van der Waals surface area contributed by atoms with E-state index in [4.69, 9.17) is 5.73 Å². The predicted octanol–water partition coefficient (Wildman–Crippen LogP) is 3.64. The van der Waals surface area contributed by atoms with Crippen LogP contribution in [-0.4, -0.2) is 12.3 Å². The Morgan fingerprint density at radius 2 is 1.88 bits per heavy atom. The van der Waals surface area contributed by atoms with E-state index in [1.165, 1.54) is 30.6 Å². The number of benzene rings is 1. The zero-order valence-electron chi connectivity index (χ0n) is 11.0. The molecule has 17 heavy (non-hydrogen) atoms. The van der Waals surface area contributed by atoms with Crippen molar-refractivity contribution in [1.82, 2.24) is 0 Å². The molecule has 0 aromatic heterocycles. The molecule has 2 heteroatoms. The van der Waals surface area contributed by atoms with Gasteiger partial charge in [-0.05, 0) is 60.9 Å². The van der Waals surface area contributed by atoms with Gasteiger partial charge in [-0.2, -0.15) is 0 Å². The standard InChI is InChI=1S/C15H23NS/c1-15(2,10-16)11-17-14-8-7-12-5-3-4-6-13(12)9-14/h7-9H,3-6,10-11,16H2,1-2H3. The summed E-state index contributed by atoms with van der Waals surface area (Å²) in [7, 11) is 0. The number of hydrogen-bond donors (Lipinski definition) is 1. The van der Waals surface area contributed by atoms with E-state index in [0.717, 1.165) is 12.3 Å². The molecule has 0 bridgehead atoms. The Hall–Kier alpha value is -0.470. The van der Waals surface area contributed by atoms with Gasteiger partial charge in [-0.25, -0.2) is 0 Å². The van der Waals surface area contributed by atoms with Gasteiger partial charge in [-0.3, -0.25) is 0 Å². The van der Waals surface area contributed by atoms with E-state index < -0.39 is 0 Å². The van der Waals surface area contributed by atoms with Crippen LogP contribution in [0.25, 0.3) is 0 Å². The van der Waals surface area contributed by atoms with Crippen LogP contribution < -0.4 is 5.73 Å². The average Bonchev–Trinajstić information content (AvgIpc) is 2.36. The molecular formula is C15H23NS. The molecule has 0 unspecified atom stereocenters. The van der Waals surface area contributed by atoms with Crippen LogP contribution in [0, 0.1) is 5.41 Å². The smallest absolute Gasteiger partial charge is 0.00750 e. The van der Waals surface area contributed by atoms with Crippen molar-refractivity contribution in [2.75, 3.05) is 12.3 Å². The summed E-state index contributed by atoms with van der Waals surface area (Å²) in [5.41, 5.74) is 9.15. The first kappa shape index (κ1) is 13.0. The molecule has 94 valence electrons. The summed E-state index contributed by atoms with van der Waals surface area (Å²) in [5.74, 6) is 1.10. The lowest BCUT2D eigenvalue weighted by Gasteiger charge is -2.22. The Kier molecular flexibility index (Phi) is 4.16. The normalized spacial score (nSPS) is 15.7. The van der Waals surface area contributed by atoms with Crippen LogP contribution in [0.3, 0.4) is 0 Å². The Morgan fingerprint density at radius 3 is 2.59 bits per heavy atom. The topological polar surface area (TPSA) is 26.0 Å². The average molecular weight is 249 g/mol. The number of thioether (sulfide) groups is 1. The van der Waals surface area contributed by atoms with Gasteiger partial charge in [0.2, 0.25) is 0 Å². The predicted molar refractivity (Wildman–Crippen MR) is 76.6 cm³/mol. The Bertz CT molecular complexity index is 385. The first-order valence-corrected chi connectivity index (χ1v) is 7.54. The molecule has 0 fully saturated rings. The molecule has 0 spiro atoms. The lowest BCUT2D eigenvalue weighted by molar-refractivity contribution is 0.438. The quantitative estimate of drug-likeness (QED) is 0.824. The summed E-state index contributed by atoms with van der Waals surface area (Å²) in [5, 5.41) is 0. The highest BCUT2D eigenvalue weighted by atomic mass is 32.2. The maximum atomic E-state index is 5.77. The highest BCUT2D eigenvalue weighted by molar-refractivity contribution is 7.99. The third kappa shape index (κ3) is 3.49. The van der Waals surface area contributed by atoms with Crippen molar-refractivity contribution >= 4 is 11.8 Å². The van der Waals surface area contributed by atoms with Crippen molar-refractivity contribution in [2.45, 2.75) is 44.4 Å². The third-order valence-electron chi connectivity index (χ3n) is 3.50.